The summed E-state index contributed by atoms with van der Waals surface area (Å²) in [6.07, 6.45) is 1.84. The van der Waals surface area contributed by atoms with Gasteiger partial charge in [-0.3, -0.25) is 4.98 Å². The van der Waals surface area contributed by atoms with Crippen LogP contribution in [0.5, 0.6) is 0 Å². The van der Waals surface area contributed by atoms with Crippen LogP contribution in [0.25, 0.3) is 10.9 Å². The average Bonchev–Trinajstić information content (AvgIpc) is 2.82. The van der Waals surface area contributed by atoms with E-state index in [4.69, 9.17) is 0 Å². The van der Waals surface area contributed by atoms with Gasteiger partial charge in [-0.25, -0.2) is 0 Å². The number of benzene rings is 1. The molecule has 1 fully saturated rings. The smallest absolute Gasteiger partial charge is 0.0790 e. The van der Waals surface area contributed by atoms with Gasteiger partial charge >= 0.3 is 0 Å². The first-order chi connectivity index (χ1) is 7.43. The van der Waals surface area contributed by atoms with Gasteiger partial charge in [-0.2, -0.15) is 0 Å². The normalized spacial score (nSPS) is 20.9. The van der Waals surface area contributed by atoms with Gasteiger partial charge in [-0.15, -0.1) is 11.8 Å². The van der Waals surface area contributed by atoms with Gasteiger partial charge < -0.3 is 5.32 Å². The number of hydrogen-bond donors (Lipinski definition) is 1. The van der Waals surface area contributed by atoms with E-state index < -0.39 is 0 Å². The summed E-state index contributed by atoms with van der Waals surface area (Å²) in [6, 6.07) is 10.6. The van der Waals surface area contributed by atoms with Crippen molar-refractivity contribution < 1.29 is 0 Å². The Kier molecular flexibility index (Phi) is 2.35. The van der Waals surface area contributed by atoms with E-state index in [2.05, 4.69) is 34.6 Å². The number of aromatic nitrogens is 1. The molecule has 0 spiro atoms. The number of fused-ring (bicyclic) bond motifs is 1. The molecule has 1 unspecified atom stereocenters. The zero-order chi connectivity index (χ0) is 10.1. The SMILES string of the molecule is c1cnc2ccc(C3NCCS3)cc2c1. The summed E-state index contributed by atoms with van der Waals surface area (Å²) >= 11 is 1.97. The third-order valence-corrected chi connectivity index (χ3v) is 3.86. The molecule has 0 aliphatic carbocycles. The summed E-state index contributed by atoms with van der Waals surface area (Å²) in [5, 5.41) is 5.17. The van der Waals surface area contributed by atoms with E-state index in [1.165, 1.54) is 16.7 Å². The first-order valence-electron chi connectivity index (χ1n) is 5.13. The number of thioether (sulfide) groups is 1. The zero-order valence-electron chi connectivity index (χ0n) is 8.31. The van der Waals surface area contributed by atoms with Crippen molar-refractivity contribution in [3.63, 3.8) is 0 Å². The van der Waals surface area contributed by atoms with Crippen molar-refractivity contribution >= 4 is 22.7 Å². The lowest BCUT2D eigenvalue weighted by atomic mass is 10.1. The summed E-state index contributed by atoms with van der Waals surface area (Å²) in [5.74, 6) is 1.20. The van der Waals surface area contributed by atoms with Crippen molar-refractivity contribution in [1.29, 1.82) is 0 Å². The van der Waals surface area contributed by atoms with E-state index >= 15 is 0 Å². The lowest BCUT2D eigenvalue weighted by molar-refractivity contribution is 0.752. The molecule has 1 atom stereocenters. The van der Waals surface area contributed by atoms with Crippen LogP contribution in [0.2, 0.25) is 0 Å². The van der Waals surface area contributed by atoms with Crippen molar-refractivity contribution in [2.45, 2.75) is 5.37 Å². The van der Waals surface area contributed by atoms with Gasteiger partial charge in [-0.1, -0.05) is 12.1 Å². The fourth-order valence-corrected chi connectivity index (χ4v) is 2.94. The molecule has 3 heteroatoms. The molecular weight excluding hydrogens is 204 g/mol. The molecule has 1 aliphatic rings. The first-order valence-corrected chi connectivity index (χ1v) is 6.18. The Morgan fingerprint density at radius 2 is 2.33 bits per heavy atom. The van der Waals surface area contributed by atoms with Crippen LogP contribution in [0.3, 0.4) is 0 Å². The Hall–Kier alpha value is -1.06. The highest BCUT2D eigenvalue weighted by Crippen LogP contribution is 2.31. The molecule has 0 amide bonds. The highest BCUT2D eigenvalue weighted by molar-refractivity contribution is 7.99. The van der Waals surface area contributed by atoms with Crippen LogP contribution in [0, 0.1) is 0 Å². The molecule has 1 aromatic heterocycles. The minimum Gasteiger partial charge on any atom is -0.301 e. The van der Waals surface area contributed by atoms with Crippen LogP contribution in [0.15, 0.2) is 36.5 Å². The second-order valence-electron chi connectivity index (χ2n) is 3.66. The van der Waals surface area contributed by atoms with E-state index in [1.54, 1.807) is 0 Å². The molecule has 0 bridgehead atoms. The predicted molar refractivity (Wildman–Crippen MR) is 64.9 cm³/mol. The minimum atomic E-state index is 0.467. The van der Waals surface area contributed by atoms with Gasteiger partial charge in [0.25, 0.3) is 0 Å². The first kappa shape index (κ1) is 9.19. The molecule has 3 rings (SSSR count). The van der Waals surface area contributed by atoms with Crippen LogP contribution in [0.1, 0.15) is 10.9 Å². The number of nitrogens with one attached hydrogen (secondary N) is 1. The largest absolute Gasteiger partial charge is 0.301 e. The van der Waals surface area contributed by atoms with E-state index in [-0.39, 0.29) is 0 Å². The Morgan fingerprint density at radius 1 is 1.33 bits per heavy atom. The molecule has 0 saturated carbocycles. The van der Waals surface area contributed by atoms with Crippen LogP contribution in [-0.2, 0) is 0 Å². The molecule has 2 nitrogen and oxygen atoms in total. The third-order valence-electron chi connectivity index (χ3n) is 2.65. The summed E-state index contributed by atoms with van der Waals surface area (Å²) in [5.41, 5.74) is 2.43. The van der Waals surface area contributed by atoms with E-state index in [0.29, 0.717) is 5.37 Å². The monoisotopic (exact) mass is 216 g/mol. The molecule has 2 heterocycles. The lowest BCUT2D eigenvalue weighted by Gasteiger charge is -2.10. The number of nitrogens with zero attached hydrogens (tertiary/aromatic N) is 1. The molecule has 1 N–H and O–H groups in total. The molecule has 2 aromatic rings. The maximum Gasteiger partial charge on any atom is 0.0790 e. The van der Waals surface area contributed by atoms with Crippen molar-refractivity contribution in [2.24, 2.45) is 0 Å². The Bertz CT molecular complexity index is 478. The van der Waals surface area contributed by atoms with Crippen molar-refractivity contribution in [1.82, 2.24) is 10.3 Å². The van der Waals surface area contributed by atoms with Crippen LogP contribution in [0.4, 0.5) is 0 Å². The fourth-order valence-electron chi connectivity index (χ4n) is 1.90. The molecule has 76 valence electrons. The standard InChI is InChI=1S/C12H12N2S/c1-2-9-8-10(12-14-6-7-15-12)3-4-11(9)13-5-1/h1-5,8,12,14H,6-7H2. The topological polar surface area (TPSA) is 24.9 Å². The van der Waals surface area contributed by atoms with E-state index in [9.17, 15) is 0 Å². The molecule has 1 aliphatic heterocycles. The van der Waals surface area contributed by atoms with Crippen molar-refractivity contribution in [3.05, 3.63) is 42.1 Å². The fraction of sp³-hybridized carbons (Fsp3) is 0.250. The van der Waals surface area contributed by atoms with Gasteiger partial charge in [0.1, 0.15) is 0 Å². The zero-order valence-corrected chi connectivity index (χ0v) is 9.13. The summed E-state index contributed by atoms with van der Waals surface area (Å²) in [6.45, 7) is 1.11. The molecule has 15 heavy (non-hydrogen) atoms. The molecule has 0 radical (unpaired) electrons. The minimum absolute atomic E-state index is 0.467. The van der Waals surface area contributed by atoms with Crippen molar-refractivity contribution in [2.75, 3.05) is 12.3 Å². The number of pyridine rings is 1. The van der Waals surface area contributed by atoms with E-state index in [0.717, 1.165) is 12.1 Å². The summed E-state index contributed by atoms with van der Waals surface area (Å²) in [4.78, 5) is 4.32. The average molecular weight is 216 g/mol. The summed E-state index contributed by atoms with van der Waals surface area (Å²) < 4.78 is 0. The quantitative estimate of drug-likeness (QED) is 0.793. The van der Waals surface area contributed by atoms with Gasteiger partial charge in [-0.05, 0) is 23.8 Å². The highest BCUT2D eigenvalue weighted by Gasteiger charge is 2.16. The highest BCUT2D eigenvalue weighted by atomic mass is 32.2. The maximum atomic E-state index is 4.32. The molecule has 1 aromatic carbocycles. The van der Waals surface area contributed by atoms with Crippen molar-refractivity contribution in [3.8, 4) is 0 Å². The van der Waals surface area contributed by atoms with Gasteiger partial charge in [0.15, 0.2) is 0 Å². The predicted octanol–water partition coefficient (Wildman–Crippen LogP) is 2.57. The van der Waals surface area contributed by atoms with Gasteiger partial charge in [0.2, 0.25) is 0 Å². The van der Waals surface area contributed by atoms with E-state index in [1.807, 2.05) is 24.0 Å². The molecule has 1 saturated heterocycles. The van der Waals surface area contributed by atoms with Crippen LogP contribution >= 0.6 is 11.8 Å². The van der Waals surface area contributed by atoms with Crippen LogP contribution in [-0.4, -0.2) is 17.3 Å². The second kappa shape index (κ2) is 3.83. The second-order valence-corrected chi connectivity index (χ2v) is 4.87. The Labute approximate surface area is 93.1 Å². The Balaban J connectivity index is 2.05. The van der Waals surface area contributed by atoms with Gasteiger partial charge in [0.05, 0.1) is 10.9 Å². The molecular formula is C12H12N2S. The maximum absolute atomic E-state index is 4.32. The number of rotatable bonds is 1. The lowest BCUT2D eigenvalue weighted by Crippen LogP contribution is -2.11. The third kappa shape index (κ3) is 1.73. The number of hydrogen-bond acceptors (Lipinski definition) is 3. The summed E-state index contributed by atoms with van der Waals surface area (Å²) in [7, 11) is 0. The van der Waals surface area contributed by atoms with Crippen LogP contribution < -0.4 is 5.32 Å². The Morgan fingerprint density at radius 3 is 3.20 bits per heavy atom. The van der Waals surface area contributed by atoms with Gasteiger partial charge in [0, 0.05) is 23.9 Å².